The summed E-state index contributed by atoms with van der Waals surface area (Å²) in [6.45, 7) is 9.66. The fraction of sp³-hybridized carbons (Fsp3) is 0.296. The number of rotatable bonds is 2. The monoisotopic (exact) mass is 379 g/mol. The van der Waals surface area contributed by atoms with Crippen molar-refractivity contribution in [3.63, 3.8) is 0 Å². The zero-order chi connectivity index (χ0) is 20.0. The third-order valence-electron chi connectivity index (χ3n) is 8.18. The second-order valence-electron chi connectivity index (χ2n) is 9.04. The van der Waals surface area contributed by atoms with Crippen molar-refractivity contribution >= 4 is 38.4 Å². The van der Waals surface area contributed by atoms with Gasteiger partial charge >= 0.3 is 0 Å². The first-order valence-electron chi connectivity index (χ1n) is 10.9. The molecule has 5 aromatic rings. The summed E-state index contributed by atoms with van der Waals surface area (Å²) < 4.78 is 5.19. The van der Waals surface area contributed by atoms with Crippen molar-refractivity contribution in [2.45, 2.75) is 51.5 Å². The molecule has 0 N–H and O–H groups in total. The molecule has 2 atom stereocenters. The Bertz CT molecular complexity index is 1460. The van der Waals surface area contributed by atoms with Crippen molar-refractivity contribution in [1.82, 2.24) is 4.40 Å². The number of imidazole rings is 1. The average molecular weight is 380 g/mol. The summed E-state index contributed by atoms with van der Waals surface area (Å²) in [5, 5.41) is 4.14. The van der Waals surface area contributed by atoms with Crippen LogP contribution in [0.1, 0.15) is 46.1 Å². The lowest BCUT2D eigenvalue weighted by Crippen LogP contribution is -2.66. The summed E-state index contributed by atoms with van der Waals surface area (Å²) in [7, 11) is 0. The molecule has 0 spiro atoms. The highest BCUT2D eigenvalue weighted by Crippen LogP contribution is 2.50. The number of hydrogen-bond donors (Lipinski definition) is 0. The van der Waals surface area contributed by atoms with Gasteiger partial charge in [0.1, 0.15) is 11.1 Å². The molecule has 29 heavy (non-hydrogen) atoms. The lowest BCUT2D eigenvalue weighted by molar-refractivity contribution is -0.728. The number of benzene rings is 3. The number of hydrogen-bond acceptors (Lipinski definition) is 0. The average Bonchev–Trinajstić information content (AvgIpc) is 3.13. The first kappa shape index (κ1) is 17.0. The first-order valence-corrected chi connectivity index (χ1v) is 10.9. The highest BCUT2D eigenvalue weighted by atomic mass is 15.2. The van der Waals surface area contributed by atoms with Crippen LogP contribution in [0.4, 0.5) is 0 Å². The van der Waals surface area contributed by atoms with E-state index in [1.54, 1.807) is 0 Å². The lowest BCUT2D eigenvalue weighted by atomic mass is 9.62. The van der Waals surface area contributed by atoms with E-state index in [4.69, 9.17) is 0 Å². The molecule has 0 radical (unpaired) electrons. The third-order valence-corrected chi connectivity index (χ3v) is 8.18. The van der Waals surface area contributed by atoms with E-state index >= 15 is 0 Å². The molecular weight excluding hydrogens is 352 g/mol. The molecular formula is C27H27N2+. The molecule has 3 aromatic carbocycles. The fourth-order valence-corrected chi connectivity index (χ4v) is 6.17. The Morgan fingerprint density at radius 1 is 0.759 bits per heavy atom. The topological polar surface area (TPSA) is 8.29 Å². The van der Waals surface area contributed by atoms with Gasteiger partial charge in [-0.3, -0.25) is 0 Å². The van der Waals surface area contributed by atoms with Gasteiger partial charge in [0.25, 0.3) is 5.65 Å². The molecule has 144 valence electrons. The predicted molar refractivity (Wildman–Crippen MR) is 122 cm³/mol. The van der Waals surface area contributed by atoms with Crippen LogP contribution in [0.2, 0.25) is 0 Å². The maximum absolute atomic E-state index is 2.67. The number of aromatic nitrogens is 2. The maximum atomic E-state index is 2.67. The molecule has 1 aliphatic heterocycles. The van der Waals surface area contributed by atoms with Crippen LogP contribution < -0.4 is 4.57 Å². The van der Waals surface area contributed by atoms with Crippen molar-refractivity contribution in [3.05, 3.63) is 72.3 Å². The van der Waals surface area contributed by atoms with Gasteiger partial charge in [0.2, 0.25) is 0 Å². The van der Waals surface area contributed by atoms with Crippen molar-refractivity contribution in [2.24, 2.45) is 0 Å². The van der Waals surface area contributed by atoms with Crippen molar-refractivity contribution < 1.29 is 4.57 Å². The van der Waals surface area contributed by atoms with E-state index in [0.717, 1.165) is 12.8 Å². The van der Waals surface area contributed by atoms with E-state index in [9.17, 15) is 0 Å². The van der Waals surface area contributed by atoms with Gasteiger partial charge in [-0.05, 0) is 43.5 Å². The smallest absolute Gasteiger partial charge is 0.216 e. The van der Waals surface area contributed by atoms with Gasteiger partial charge in [-0.2, -0.15) is 4.40 Å². The molecule has 0 fully saturated rings. The quantitative estimate of drug-likeness (QED) is 0.245. The lowest BCUT2D eigenvalue weighted by Gasteiger charge is -2.46. The minimum Gasteiger partial charge on any atom is -0.216 e. The van der Waals surface area contributed by atoms with E-state index < -0.39 is 0 Å². The van der Waals surface area contributed by atoms with E-state index in [1.165, 1.54) is 43.9 Å². The molecule has 2 nitrogen and oxygen atoms in total. The summed E-state index contributed by atoms with van der Waals surface area (Å²) in [6, 6.07) is 24.8. The zero-order valence-corrected chi connectivity index (χ0v) is 17.7. The van der Waals surface area contributed by atoms with Crippen molar-refractivity contribution in [2.75, 3.05) is 0 Å². The Morgan fingerprint density at radius 2 is 1.45 bits per heavy atom. The molecule has 1 unspecified atom stereocenters. The number of para-hydroxylation sites is 3. The fourth-order valence-electron chi connectivity index (χ4n) is 6.17. The highest BCUT2D eigenvalue weighted by Gasteiger charge is 2.54. The number of fused-ring (bicyclic) bond motifs is 6. The Hall–Kier alpha value is -2.87. The van der Waals surface area contributed by atoms with E-state index in [2.05, 4.69) is 103 Å². The molecule has 0 saturated carbocycles. The van der Waals surface area contributed by atoms with Gasteiger partial charge in [0.05, 0.1) is 5.39 Å². The van der Waals surface area contributed by atoms with Gasteiger partial charge in [-0.15, -0.1) is 0 Å². The summed E-state index contributed by atoms with van der Waals surface area (Å²) >= 11 is 0. The van der Waals surface area contributed by atoms with Crippen LogP contribution in [0.25, 0.3) is 38.4 Å². The van der Waals surface area contributed by atoms with Gasteiger partial charge in [-0.1, -0.05) is 69.3 Å². The predicted octanol–water partition coefficient (Wildman–Crippen LogP) is 6.49. The molecule has 0 saturated heterocycles. The Morgan fingerprint density at radius 3 is 2.21 bits per heavy atom. The summed E-state index contributed by atoms with van der Waals surface area (Å²) in [5.74, 6) is 0. The van der Waals surface area contributed by atoms with Gasteiger partial charge in [0.15, 0.2) is 11.0 Å². The first-order chi connectivity index (χ1) is 14.1. The second kappa shape index (κ2) is 5.38. The van der Waals surface area contributed by atoms with Crippen LogP contribution in [0, 0.1) is 0 Å². The van der Waals surface area contributed by atoms with E-state index in [1.807, 2.05) is 0 Å². The molecule has 2 aromatic heterocycles. The standard InChI is InChI=1S/C27H27N2/c1-5-26(3)20-14-11-13-19-18-12-7-8-15-21(18)28-22-16-9-10-17-23(22)29(25(28)24(19)20)27(26,4)6-2/h7-17H,5-6H2,1-4H3/q+1/t26?,27-/m0/s1. The largest absolute Gasteiger partial charge is 0.296 e. The molecule has 0 aliphatic carbocycles. The van der Waals surface area contributed by atoms with Crippen LogP contribution in [0.5, 0.6) is 0 Å². The van der Waals surface area contributed by atoms with Gasteiger partial charge < -0.3 is 0 Å². The summed E-state index contributed by atoms with van der Waals surface area (Å²) in [4.78, 5) is 0. The van der Waals surface area contributed by atoms with Gasteiger partial charge in [-0.25, -0.2) is 4.57 Å². The van der Waals surface area contributed by atoms with Crippen LogP contribution >= 0.6 is 0 Å². The minimum atomic E-state index is -0.000155. The Kier molecular flexibility index (Phi) is 3.16. The van der Waals surface area contributed by atoms with Crippen molar-refractivity contribution in [1.29, 1.82) is 0 Å². The highest BCUT2D eigenvalue weighted by molar-refractivity contribution is 6.14. The minimum absolute atomic E-state index is 0.000155. The Balaban J connectivity index is 2.08. The number of pyridine rings is 1. The van der Waals surface area contributed by atoms with Crippen LogP contribution in [0.15, 0.2) is 66.7 Å². The normalized spacial score (nSPS) is 23.7. The second-order valence-corrected chi connectivity index (χ2v) is 9.04. The van der Waals surface area contributed by atoms with Gasteiger partial charge in [0, 0.05) is 16.2 Å². The molecule has 1 aliphatic rings. The van der Waals surface area contributed by atoms with E-state index in [0.29, 0.717) is 0 Å². The molecule has 6 rings (SSSR count). The van der Waals surface area contributed by atoms with E-state index in [-0.39, 0.29) is 11.0 Å². The van der Waals surface area contributed by atoms with Crippen LogP contribution in [-0.4, -0.2) is 4.40 Å². The molecule has 0 bridgehead atoms. The SMILES string of the molecule is CCC1(C)c2cccc3c4ccccc4n4c5ccccc5[n+](c4c23)[C@@]1(C)CC. The van der Waals surface area contributed by atoms with Crippen LogP contribution in [0.3, 0.4) is 0 Å². The summed E-state index contributed by atoms with van der Waals surface area (Å²) in [6.07, 6.45) is 2.20. The molecule has 2 heteroatoms. The Labute approximate surface area is 171 Å². The van der Waals surface area contributed by atoms with Crippen LogP contribution in [-0.2, 0) is 11.0 Å². The number of nitrogens with zero attached hydrogens (tertiary/aromatic N) is 2. The summed E-state index contributed by atoms with van der Waals surface area (Å²) in [5.41, 5.74) is 6.84. The molecule has 3 heterocycles. The molecule has 0 amide bonds. The maximum Gasteiger partial charge on any atom is 0.296 e. The zero-order valence-electron chi connectivity index (χ0n) is 17.7. The third kappa shape index (κ3) is 1.73. The van der Waals surface area contributed by atoms with Crippen molar-refractivity contribution in [3.8, 4) is 0 Å².